The number of carbonyl (C=O) groups is 1. The number of hydrogen-bond donors (Lipinski definition) is 2. The molecule has 3 aromatic rings. The zero-order valence-corrected chi connectivity index (χ0v) is 13.4. The minimum atomic E-state index is -0.132. The molecule has 1 amide bonds. The Hall–Kier alpha value is -2.70. The van der Waals surface area contributed by atoms with Crippen molar-refractivity contribution in [1.29, 1.82) is 0 Å². The van der Waals surface area contributed by atoms with Gasteiger partial charge in [-0.1, -0.05) is 31.4 Å². The highest BCUT2D eigenvalue weighted by Crippen LogP contribution is 2.33. The van der Waals surface area contributed by atoms with E-state index in [2.05, 4.69) is 25.1 Å². The summed E-state index contributed by atoms with van der Waals surface area (Å²) in [6.07, 6.45) is 7.43. The van der Waals surface area contributed by atoms with Crippen LogP contribution in [0.4, 0.5) is 5.95 Å². The molecule has 0 unspecified atom stereocenters. The number of benzene rings is 1. The Labute approximate surface area is 139 Å². The molecule has 0 bridgehead atoms. The van der Waals surface area contributed by atoms with Gasteiger partial charge in [-0.05, 0) is 25.0 Å². The molecule has 124 valence electrons. The van der Waals surface area contributed by atoms with Gasteiger partial charge in [-0.25, -0.2) is 10.1 Å². The molecule has 1 aromatic carbocycles. The minimum absolute atomic E-state index is 0.132. The number of amides is 1. The number of anilines is 1. The maximum Gasteiger partial charge on any atom is 0.246 e. The van der Waals surface area contributed by atoms with E-state index < -0.39 is 0 Å². The molecule has 1 saturated carbocycles. The lowest BCUT2D eigenvalue weighted by Crippen LogP contribution is -2.22. The molecular formula is C17H20N6O. The Balaban J connectivity index is 1.65. The van der Waals surface area contributed by atoms with Crippen molar-refractivity contribution in [2.75, 3.05) is 5.32 Å². The molecule has 7 nitrogen and oxygen atoms in total. The Morgan fingerprint density at radius 1 is 1.25 bits per heavy atom. The van der Waals surface area contributed by atoms with E-state index in [4.69, 9.17) is 4.98 Å². The molecule has 4 rings (SSSR count). The molecule has 1 aliphatic carbocycles. The number of hydrogen-bond acceptors (Lipinski definition) is 4. The van der Waals surface area contributed by atoms with E-state index in [0.29, 0.717) is 11.9 Å². The number of fused-ring (bicyclic) bond motifs is 1. The summed E-state index contributed by atoms with van der Waals surface area (Å²) in [4.78, 5) is 21.2. The maximum atomic E-state index is 12.4. The summed E-state index contributed by atoms with van der Waals surface area (Å²) in [5.41, 5.74) is 1.95. The van der Waals surface area contributed by atoms with Crippen molar-refractivity contribution in [1.82, 2.24) is 24.7 Å². The van der Waals surface area contributed by atoms with E-state index in [1.165, 1.54) is 25.6 Å². The first-order valence-corrected chi connectivity index (χ1v) is 8.41. The van der Waals surface area contributed by atoms with Crippen LogP contribution in [0.1, 0.15) is 43.8 Å². The monoisotopic (exact) mass is 324 g/mol. The maximum absolute atomic E-state index is 12.4. The molecule has 2 N–H and O–H groups in total. The van der Waals surface area contributed by atoms with Gasteiger partial charge >= 0.3 is 0 Å². The summed E-state index contributed by atoms with van der Waals surface area (Å²) < 4.78 is 2.05. The number of aromatic nitrogens is 5. The standard InChI is InChI=1S/C17H20N6O/c24-15(21-17-18-11-19-22-17)10-23-14-9-5-4-8-13(14)20-16(23)12-6-2-1-3-7-12/h4-5,8-9,11-12H,1-3,6-7,10H2,(H2,18,19,21,22,24). The lowest BCUT2D eigenvalue weighted by molar-refractivity contribution is -0.116. The average Bonchev–Trinajstić information content (AvgIpc) is 3.24. The summed E-state index contributed by atoms with van der Waals surface area (Å²) in [6, 6.07) is 8.00. The highest BCUT2D eigenvalue weighted by atomic mass is 16.2. The third-order valence-electron chi connectivity index (χ3n) is 4.63. The van der Waals surface area contributed by atoms with Crippen LogP contribution in [0.25, 0.3) is 11.0 Å². The van der Waals surface area contributed by atoms with Crippen molar-refractivity contribution in [3.63, 3.8) is 0 Å². The van der Waals surface area contributed by atoms with Crippen LogP contribution in [0.5, 0.6) is 0 Å². The molecule has 7 heteroatoms. The number of carbonyl (C=O) groups excluding carboxylic acids is 1. The highest BCUT2D eigenvalue weighted by Gasteiger charge is 2.23. The molecule has 0 saturated heterocycles. The van der Waals surface area contributed by atoms with E-state index in [1.807, 2.05) is 24.3 Å². The Kier molecular flexibility index (Phi) is 3.98. The predicted molar refractivity (Wildman–Crippen MR) is 90.6 cm³/mol. The van der Waals surface area contributed by atoms with Crippen LogP contribution in [0, 0.1) is 0 Å². The fourth-order valence-corrected chi connectivity index (χ4v) is 3.51. The lowest BCUT2D eigenvalue weighted by atomic mass is 9.88. The first-order valence-electron chi connectivity index (χ1n) is 8.41. The van der Waals surface area contributed by atoms with E-state index in [-0.39, 0.29) is 12.5 Å². The zero-order valence-electron chi connectivity index (χ0n) is 13.4. The van der Waals surface area contributed by atoms with E-state index in [1.54, 1.807) is 0 Å². The molecule has 2 heterocycles. The quantitative estimate of drug-likeness (QED) is 0.772. The van der Waals surface area contributed by atoms with Crippen LogP contribution in [0.2, 0.25) is 0 Å². The van der Waals surface area contributed by atoms with Crippen LogP contribution in [0.3, 0.4) is 0 Å². The van der Waals surface area contributed by atoms with Crippen LogP contribution in [-0.4, -0.2) is 30.6 Å². The topological polar surface area (TPSA) is 88.5 Å². The first-order chi connectivity index (χ1) is 11.8. The van der Waals surface area contributed by atoms with Gasteiger partial charge in [-0.3, -0.25) is 10.1 Å². The Bertz CT molecular complexity index is 832. The molecule has 0 radical (unpaired) electrons. The highest BCUT2D eigenvalue weighted by molar-refractivity contribution is 5.90. The van der Waals surface area contributed by atoms with Crippen molar-refractivity contribution >= 4 is 22.9 Å². The largest absolute Gasteiger partial charge is 0.318 e. The number of nitrogens with one attached hydrogen (secondary N) is 2. The number of imidazole rings is 1. The SMILES string of the molecule is O=C(Cn1c(C2CCCCC2)nc2ccccc21)Nc1ncn[nH]1. The van der Waals surface area contributed by atoms with Crippen LogP contribution >= 0.6 is 0 Å². The van der Waals surface area contributed by atoms with Gasteiger partial charge in [0.2, 0.25) is 11.9 Å². The van der Waals surface area contributed by atoms with Gasteiger partial charge in [0.05, 0.1) is 11.0 Å². The molecule has 24 heavy (non-hydrogen) atoms. The van der Waals surface area contributed by atoms with Gasteiger partial charge < -0.3 is 4.57 Å². The Morgan fingerprint density at radius 3 is 2.88 bits per heavy atom. The second kappa shape index (κ2) is 6.43. The predicted octanol–water partition coefficient (Wildman–Crippen LogP) is 2.84. The van der Waals surface area contributed by atoms with Gasteiger partial charge in [-0.2, -0.15) is 10.1 Å². The van der Waals surface area contributed by atoms with Crippen molar-refractivity contribution < 1.29 is 4.79 Å². The molecule has 0 aliphatic heterocycles. The van der Waals surface area contributed by atoms with E-state index >= 15 is 0 Å². The molecule has 2 aromatic heterocycles. The fourth-order valence-electron chi connectivity index (χ4n) is 3.51. The van der Waals surface area contributed by atoms with Crippen molar-refractivity contribution in [3.8, 4) is 0 Å². The van der Waals surface area contributed by atoms with Gasteiger partial charge in [0.25, 0.3) is 0 Å². The fraction of sp³-hybridized carbons (Fsp3) is 0.412. The van der Waals surface area contributed by atoms with Crippen LogP contribution < -0.4 is 5.32 Å². The summed E-state index contributed by atoms with van der Waals surface area (Å²) in [5.74, 6) is 1.70. The molecular weight excluding hydrogens is 304 g/mol. The molecule has 1 aliphatic rings. The van der Waals surface area contributed by atoms with Crippen molar-refractivity contribution in [2.24, 2.45) is 0 Å². The van der Waals surface area contributed by atoms with Gasteiger partial charge in [0, 0.05) is 5.92 Å². The summed E-state index contributed by atoms with van der Waals surface area (Å²) >= 11 is 0. The molecule has 0 spiro atoms. The van der Waals surface area contributed by atoms with Gasteiger partial charge in [-0.15, -0.1) is 0 Å². The third-order valence-corrected chi connectivity index (χ3v) is 4.63. The van der Waals surface area contributed by atoms with Crippen molar-refractivity contribution in [3.05, 3.63) is 36.4 Å². The number of H-pyrrole nitrogens is 1. The van der Waals surface area contributed by atoms with Crippen LogP contribution in [-0.2, 0) is 11.3 Å². The smallest absolute Gasteiger partial charge is 0.246 e. The Morgan fingerprint density at radius 2 is 2.08 bits per heavy atom. The van der Waals surface area contributed by atoms with E-state index in [0.717, 1.165) is 29.7 Å². The second-order valence-electron chi connectivity index (χ2n) is 6.26. The lowest BCUT2D eigenvalue weighted by Gasteiger charge is -2.22. The number of para-hydroxylation sites is 2. The minimum Gasteiger partial charge on any atom is -0.318 e. The second-order valence-corrected chi connectivity index (χ2v) is 6.26. The van der Waals surface area contributed by atoms with Crippen LogP contribution in [0.15, 0.2) is 30.6 Å². The van der Waals surface area contributed by atoms with Crippen molar-refractivity contribution in [2.45, 2.75) is 44.6 Å². The zero-order chi connectivity index (χ0) is 16.4. The van der Waals surface area contributed by atoms with Gasteiger partial charge in [0.1, 0.15) is 18.7 Å². The number of nitrogens with zero attached hydrogens (tertiary/aromatic N) is 4. The molecule has 1 fully saturated rings. The summed E-state index contributed by atoms with van der Waals surface area (Å²) in [7, 11) is 0. The number of rotatable bonds is 4. The third kappa shape index (κ3) is 2.89. The van der Waals surface area contributed by atoms with Gasteiger partial charge in [0.15, 0.2) is 0 Å². The molecule has 0 atom stereocenters. The number of aromatic amines is 1. The first kappa shape index (κ1) is 14.9. The summed E-state index contributed by atoms with van der Waals surface area (Å²) in [5, 5.41) is 9.13. The van der Waals surface area contributed by atoms with E-state index in [9.17, 15) is 4.79 Å². The average molecular weight is 324 g/mol. The summed E-state index contributed by atoms with van der Waals surface area (Å²) in [6.45, 7) is 0.229. The normalized spacial score (nSPS) is 15.7.